The number of halogens is 2. The third-order valence-corrected chi connectivity index (χ3v) is 4.07. The summed E-state index contributed by atoms with van der Waals surface area (Å²) in [7, 11) is 1.60. The van der Waals surface area contributed by atoms with Crippen molar-refractivity contribution in [2.75, 3.05) is 20.2 Å². The summed E-state index contributed by atoms with van der Waals surface area (Å²) in [5.41, 5.74) is 1.11. The van der Waals surface area contributed by atoms with E-state index in [-0.39, 0.29) is 0 Å². The molecule has 1 N–H and O–H groups in total. The van der Waals surface area contributed by atoms with Gasteiger partial charge in [-0.25, -0.2) is 0 Å². The number of benzene rings is 1. The number of hydrogen-bond acceptors (Lipinski definition) is 2. The number of hydrogen-bond donors (Lipinski definition) is 1. The van der Waals surface area contributed by atoms with E-state index in [1.807, 2.05) is 6.07 Å². The van der Waals surface area contributed by atoms with Crippen molar-refractivity contribution in [3.05, 3.63) is 27.7 Å². The summed E-state index contributed by atoms with van der Waals surface area (Å²) >= 11 is 12.4. The van der Waals surface area contributed by atoms with Gasteiger partial charge in [0.05, 0.1) is 12.1 Å². The maximum Gasteiger partial charge on any atom is 0.138 e. The fraction of sp³-hybridized carbons (Fsp3) is 0.647. The molecule has 0 spiro atoms. The van der Waals surface area contributed by atoms with Crippen molar-refractivity contribution in [2.45, 2.75) is 46.0 Å². The molecule has 0 unspecified atom stereocenters. The maximum atomic E-state index is 6.24. The molecule has 0 atom stereocenters. The molecule has 2 nitrogen and oxygen atoms in total. The molecule has 0 heterocycles. The Hall–Kier alpha value is -0.440. The van der Waals surface area contributed by atoms with Crippen LogP contribution >= 0.6 is 23.2 Å². The number of methoxy groups -OCH3 is 1. The zero-order chi connectivity index (χ0) is 15.7. The Morgan fingerprint density at radius 2 is 1.76 bits per heavy atom. The summed E-state index contributed by atoms with van der Waals surface area (Å²) < 4.78 is 5.15. The molecule has 0 radical (unpaired) electrons. The van der Waals surface area contributed by atoms with Gasteiger partial charge in [-0.3, -0.25) is 0 Å². The fourth-order valence-electron chi connectivity index (χ4n) is 2.23. The van der Waals surface area contributed by atoms with E-state index in [2.05, 4.69) is 19.2 Å². The Morgan fingerprint density at radius 3 is 2.43 bits per heavy atom. The van der Waals surface area contributed by atoms with Crippen LogP contribution in [0.25, 0.3) is 0 Å². The Morgan fingerprint density at radius 1 is 1.05 bits per heavy atom. The van der Waals surface area contributed by atoms with Crippen LogP contribution in [0.5, 0.6) is 5.75 Å². The molecule has 0 aromatic heterocycles. The standard InChI is InChI=1S/C17H27Cl2NO/c1-13(2)12-20-9-7-5-4-6-8-14-10-16(19)17(21-3)11-15(14)18/h10-11,13,20H,4-9,12H2,1-3H3. The molecule has 120 valence electrons. The van der Waals surface area contributed by atoms with Gasteiger partial charge in [0.15, 0.2) is 0 Å². The molecule has 0 amide bonds. The molecule has 1 rings (SSSR count). The highest BCUT2D eigenvalue weighted by molar-refractivity contribution is 6.34. The van der Waals surface area contributed by atoms with E-state index in [0.717, 1.165) is 42.4 Å². The Labute approximate surface area is 139 Å². The molecule has 4 heteroatoms. The van der Waals surface area contributed by atoms with E-state index in [0.29, 0.717) is 10.8 Å². The molecular formula is C17H27Cl2NO. The van der Waals surface area contributed by atoms with Gasteiger partial charge in [0, 0.05) is 11.1 Å². The first-order valence-corrected chi connectivity index (χ1v) is 8.52. The molecule has 0 aliphatic carbocycles. The first-order valence-electron chi connectivity index (χ1n) is 7.77. The van der Waals surface area contributed by atoms with E-state index < -0.39 is 0 Å². The molecule has 0 fully saturated rings. The van der Waals surface area contributed by atoms with Crippen LogP contribution in [0.2, 0.25) is 10.0 Å². The van der Waals surface area contributed by atoms with Crippen LogP contribution < -0.4 is 10.1 Å². The van der Waals surface area contributed by atoms with Crippen molar-refractivity contribution in [1.82, 2.24) is 5.32 Å². The van der Waals surface area contributed by atoms with Crippen molar-refractivity contribution in [3.8, 4) is 5.75 Å². The van der Waals surface area contributed by atoms with Gasteiger partial charge in [-0.05, 0) is 49.9 Å². The third kappa shape index (κ3) is 7.39. The Bertz CT molecular complexity index is 421. The lowest BCUT2D eigenvalue weighted by atomic mass is 10.1. The second kappa shape index (κ2) is 10.3. The van der Waals surface area contributed by atoms with E-state index in [4.69, 9.17) is 27.9 Å². The van der Waals surface area contributed by atoms with Gasteiger partial charge in [0.2, 0.25) is 0 Å². The number of aryl methyl sites for hydroxylation is 1. The lowest BCUT2D eigenvalue weighted by Gasteiger charge is -2.09. The zero-order valence-electron chi connectivity index (χ0n) is 13.3. The highest BCUT2D eigenvalue weighted by atomic mass is 35.5. The highest BCUT2D eigenvalue weighted by Gasteiger charge is 2.07. The predicted octanol–water partition coefficient (Wildman–Crippen LogP) is 5.35. The van der Waals surface area contributed by atoms with Gasteiger partial charge in [0.25, 0.3) is 0 Å². The molecule has 0 aliphatic rings. The molecule has 1 aromatic rings. The van der Waals surface area contributed by atoms with Crippen LogP contribution in [0.1, 0.15) is 45.1 Å². The molecule has 0 saturated carbocycles. The first-order chi connectivity index (χ1) is 10.0. The summed E-state index contributed by atoms with van der Waals surface area (Å²) in [6, 6.07) is 3.72. The van der Waals surface area contributed by atoms with Gasteiger partial charge >= 0.3 is 0 Å². The maximum absolute atomic E-state index is 6.24. The number of unbranched alkanes of at least 4 members (excludes halogenated alkanes) is 3. The molecule has 0 bridgehead atoms. The molecule has 0 saturated heterocycles. The van der Waals surface area contributed by atoms with Crippen molar-refractivity contribution >= 4 is 23.2 Å². The van der Waals surface area contributed by atoms with Crippen LogP contribution in [0.4, 0.5) is 0 Å². The SMILES string of the molecule is COc1cc(Cl)c(CCCCCCNCC(C)C)cc1Cl. The van der Waals surface area contributed by atoms with Crippen LogP contribution in [0.3, 0.4) is 0 Å². The number of rotatable bonds is 10. The van der Waals surface area contributed by atoms with E-state index in [9.17, 15) is 0 Å². The second-order valence-corrected chi connectivity index (χ2v) is 6.65. The van der Waals surface area contributed by atoms with Crippen LogP contribution in [0.15, 0.2) is 12.1 Å². The van der Waals surface area contributed by atoms with Gasteiger partial charge in [0.1, 0.15) is 5.75 Å². The monoisotopic (exact) mass is 331 g/mol. The molecule has 1 aromatic carbocycles. The van der Waals surface area contributed by atoms with Crippen molar-refractivity contribution in [3.63, 3.8) is 0 Å². The first kappa shape index (κ1) is 18.6. The van der Waals surface area contributed by atoms with Gasteiger partial charge in [-0.2, -0.15) is 0 Å². The Kier molecular flexibility index (Phi) is 9.14. The number of nitrogens with one attached hydrogen (secondary N) is 1. The van der Waals surface area contributed by atoms with E-state index in [1.165, 1.54) is 19.3 Å². The van der Waals surface area contributed by atoms with Gasteiger partial charge in [-0.15, -0.1) is 0 Å². The minimum absolute atomic E-state index is 0.634. The summed E-state index contributed by atoms with van der Waals surface area (Å²) in [4.78, 5) is 0. The van der Waals surface area contributed by atoms with Crippen molar-refractivity contribution in [2.24, 2.45) is 5.92 Å². The lowest BCUT2D eigenvalue weighted by Crippen LogP contribution is -2.20. The molecule has 21 heavy (non-hydrogen) atoms. The van der Waals surface area contributed by atoms with Gasteiger partial charge in [-0.1, -0.05) is 49.9 Å². The smallest absolute Gasteiger partial charge is 0.138 e. The topological polar surface area (TPSA) is 21.3 Å². The normalized spacial score (nSPS) is 11.1. The van der Waals surface area contributed by atoms with Gasteiger partial charge < -0.3 is 10.1 Å². The van der Waals surface area contributed by atoms with Crippen molar-refractivity contribution in [1.29, 1.82) is 0 Å². The van der Waals surface area contributed by atoms with E-state index >= 15 is 0 Å². The van der Waals surface area contributed by atoms with Crippen molar-refractivity contribution < 1.29 is 4.74 Å². The van der Waals surface area contributed by atoms with Crippen LogP contribution in [0, 0.1) is 5.92 Å². The average molecular weight is 332 g/mol. The summed E-state index contributed by atoms with van der Waals surface area (Å²) in [6.07, 6.45) is 5.84. The summed E-state index contributed by atoms with van der Waals surface area (Å²) in [6.45, 7) is 6.70. The average Bonchev–Trinajstić information content (AvgIpc) is 2.44. The predicted molar refractivity (Wildman–Crippen MR) is 92.9 cm³/mol. The largest absolute Gasteiger partial charge is 0.495 e. The quantitative estimate of drug-likeness (QED) is 0.583. The minimum atomic E-state index is 0.634. The lowest BCUT2D eigenvalue weighted by molar-refractivity contribution is 0.415. The third-order valence-electron chi connectivity index (χ3n) is 3.42. The minimum Gasteiger partial charge on any atom is -0.495 e. The van der Waals surface area contributed by atoms with Crippen LogP contribution in [-0.2, 0) is 6.42 Å². The van der Waals surface area contributed by atoms with E-state index in [1.54, 1.807) is 13.2 Å². The Balaban J connectivity index is 2.20. The van der Waals surface area contributed by atoms with Crippen LogP contribution in [-0.4, -0.2) is 20.2 Å². The second-order valence-electron chi connectivity index (χ2n) is 5.84. The molecular weight excluding hydrogens is 305 g/mol. The summed E-state index contributed by atoms with van der Waals surface area (Å²) in [5, 5.41) is 4.85. The highest BCUT2D eigenvalue weighted by Crippen LogP contribution is 2.31. The summed E-state index contributed by atoms with van der Waals surface area (Å²) in [5.74, 6) is 1.37. The molecule has 0 aliphatic heterocycles. The zero-order valence-corrected chi connectivity index (χ0v) is 14.9. The fourth-order valence-corrected chi connectivity index (χ4v) is 2.74. The number of ether oxygens (including phenoxy) is 1.